The van der Waals surface area contributed by atoms with Crippen LogP contribution in [0.1, 0.15) is 13.9 Å². The number of aromatic nitrogens is 6. The smallest absolute Gasteiger partial charge is 0.225 e. The first-order valence-corrected chi connectivity index (χ1v) is 7.81. The van der Waals surface area contributed by atoms with E-state index in [1.807, 2.05) is 5.32 Å². The van der Waals surface area contributed by atoms with Gasteiger partial charge in [-0.15, -0.1) is 5.10 Å². The van der Waals surface area contributed by atoms with Gasteiger partial charge in [0.05, 0.1) is 36.7 Å². The summed E-state index contributed by atoms with van der Waals surface area (Å²) >= 11 is 5.94. The van der Waals surface area contributed by atoms with Crippen molar-refractivity contribution in [3.63, 3.8) is 0 Å². The second-order valence-electron chi connectivity index (χ2n) is 5.14. The van der Waals surface area contributed by atoms with Crippen molar-refractivity contribution in [1.29, 1.82) is 0 Å². The predicted molar refractivity (Wildman–Crippen MR) is 98.9 cm³/mol. The summed E-state index contributed by atoms with van der Waals surface area (Å²) in [6, 6.07) is 2.94. The lowest BCUT2D eigenvalue weighted by Gasteiger charge is -2.14. The summed E-state index contributed by atoms with van der Waals surface area (Å²) in [5.41, 5.74) is 0.936. The molecule has 10 nitrogen and oxygen atoms in total. The Morgan fingerprint density at radius 1 is 1.44 bits per heavy atom. The van der Waals surface area contributed by atoms with Crippen LogP contribution in [0, 0.1) is 0 Å². The first-order chi connectivity index (χ1) is 15.4. The van der Waals surface area contributed by atoms with E-state index in [9.17, 15) is 4.79 Å². The van der Waals surface area contributed by atoms with Crippen LogP contribution >= 0.6 is 11.6 Å². The second-order valence-corrected chi connectivity index (χ2v) is 5.52. The van der Waals surface area contributed by atoms with Gasteiger partial charge in [0, 0.05) is 34.4 Å². The first-order valence-electron chi connectivity index (χ1n) is 10.4. The van der Waals surface area contributed by atoms with Gasteiger partial charge in [0.25, 0.3) is 0 Å². The van der Waals surface area contributed by atoms with Crippen molar-refractivity contribution < 1.29 is 17.8 Å². The van der Waals surface area contributed by atoms with Gasteiger partial charge in [0.1, 0.15) is 5.69 Å². The predicted octanol–water partition coefficient (Wildman–Crippen LogP) is 1.36. The van der Waals surface area contributed by atoms with E-state index in [0.29, 0.717) is 10.4 Å². The molecule has 3 heterocycles. The van der Waals surface area contributed by atoms with Crippen molar-refractivity contribution >= 4 is 29.0 Å². The molecule has 2 N–H and O–H groups in total. The van der Waals surface area contributed by atoms with E-state index in [-0.39, 0.29) is 33.8 Å². The molecule has 11 heteroatoms. The molecule has 27 heavy (non-hydrogen) atoms. The second kappa shape index (κ2) is 7.96. The van der Waals surface area contributed by atoms with Gasteiger partial charge in [-0.05, 0) is 6.07 Å². The molecule has 0 saturated carbocycles. The molecule has 140 valence electrons. The number of halogens is 1. The van der Waals surface area contributed by atoms with E-state index < -0.39 is 26.3 Å². The maximum Gasteiger partial charge on any atom is 0.225 e. The SMILES string of the molecule is [2H]C([2H])([2H])NC(=O)Cc1nnc(Cl)cc1Nc1nccc(-c2cnn(C([2H])([2H])[2H])n2)c1OC. The number of anilines is 2. The summed E-state index contributed by atoms with van der Waals surface area (Å²) < 4.78 is 49.1. The van der Waals surface area contributed by atoms with Gasteiger partial charge in [0.2, 0.25) is 5.91 Å². The Morgan fingerprint density at radius 2 is 2.33 bits per heavy atom. The van der Waals surface area contributed by atoms with Crippen LogP contribution in [0.4, 0.5) is 11.5 Å². The summed E-state index contributed by atoms with van der Waals surface area (Å²) in [6.07, 6.45) is 2.29. The molecule has 0 atom stereocenters. The molecule has 0 aliphatic carbocycles. The van der Waals surface area contributed by atoms with Gasteiger partial charge in [-0.3, -0.25) is 4.79 Å². The van der Waals surface area contributed by atoms with Crippen LogP contribution in [0.25, 0.3) is 11.3 Å². The van der Waals surface area contributed by atoms with Crippen molar-refractivity contribution in [2.75, 3.05) is 19.4 Å². The number of carbonyl (C=O) groups excluding carboxylic acids is 1. The lowest BCUT2D eigenvalue weighted by molar-refractivity contribution is -0.120. The number of aryl methyl sites for hydroxylation is 1. The standard InChI is InChI=1S/C16H17ClN8O2/c1-18-14(26)7-11-10(6-13(17)23-22-11)21-16-15(27-3)9(4-5-19-16)12-8-20-25(2)24-12/h4-6,8H,7H2,1-3H3,(H,18,26)(H,19,21,23)/i1D3,2D3. The van der Waals surface area contributed by atoms with Crippen LogP contribution in [-0.2, 0) is 18.2 Å². The largest absolute Gasteiger partial charge is 0.492 e. The highest BCUT2D eigenvalue weighted by atomic mass is 35.5. The van der Waals surface area contributed by atoms with E-state index in [0.717, 1.165) is 0 Å². The Kier molecular flexibility index (Phi) is 3.59. The lowest BCUT2D eigenvalue weighted by atomic mass is 10.1. The molecule has 0 spiro atoms. The van der Waals surface area contributed by atoms with Gasteiger partial charge in [0.15, 0.2) is 16.7 Å². The summed E-state index contributed by atoms with van der Waals surface area (Å²) in [4.78, 5) is 16.9. The topological polar surface area (TPSA) is 120 Å². The van der Waals surface area contributed by atoms with Crippen molar-refractivity contribution in [3.8, 4) is 17.0 Å². The third-order valence-electron chi connectivity index (χ3n) is 3.44. The number of ether oxygens (including phenoxy) is 1. The monoisotopic (exact) mass is 394 g/mol. The van der Waals surface area contributed by atoms with Crippen LogP contribution in [0.2, 0.25) is 5.15 Å². The highest BCUT2D eigenvalue weighted by molar-refractivity contribution is 6.29. The zero-order chi connectivity index (χ0) is 24.4. The molecule has 0 aliphatic heterocycles. The number of hydrogen-bond donors (Lipinski definition) is 2. The summed E-state index contributed by atoms with van der Waals surface area (Å²) in [5.74, 6) is -0.439. The zero-order valence-electron chi connectivity index (χ0n) is 19.9. The number of rotatable bonds is 6. The maximum atomic E-state index is 12.1. The Hall–Kier alpha value is -3.27. The lowest BCUT2D eigenvalue weighted by Crippen LogP contribution is -2.21. The molecule has 3 aromatic rings. The van der Waals surface area contributed by atoms with Gasteiger partial charge in [-0.2, -0.15) is 20.1 Å². The van der Waals surface area contributed by atoms with E-state index in [4.69, 9.17) is 24.6 Å². The number of amides is 1. The third kappa shape index (κ3) is 4.11. The minimum absolute atomic E-state index is 0.00761. The van der Waals surface area contributed by atoms with Crippen LogP contribution in [0.3, 0.4) is 0 Å². The molecule has 3 aromatic heterocycles. The van der Waals surface area contributed by atoms with Crippen LogP contribution in [0.5, 0.6) is 5.75 Å². The number of nitrogens with one attached hydrogen (secondary N) is 2. The molecule has 3 rings (SSSR count). The molecular formula is C16H17ClN8O2. The van der Waals surface area contributed by atoms with Crippen molar-refractivity contribution in [3.05, 3.63) is 35.4 Å². The number of carbonyl (C=O) groups is 1. The summed E-state index contributed by atoms with van der Waals surface area (Å²) in [5, 5.41) is 20.1. The van der Waals surface area contributed by atoms with Crippen LogP contribution in [0.15, 0.2) is 24.5 Å². The van der Waals surface area contributed by atoms with E-state index in [1.165, 1.54) is 25.6 Å². The fourth-order valence-electron chi connectivity index (χ4n) is 2.29. The number of pyridine rings is 1. The molecule has 0 aromatic carbocycles. The molecule has 0 aliphatic rings. The summed E-state index contributed by atoms with van der Waals surface area (Å²) in [6.45, 7) is -5.21. The molecule has 1 amide bonds. The van der Waals surface area contributed by atoms with Crippen molar-refractivity contribution in [2.24, 2.45) is 6.98 Å². The Bertz CT molecular complexity index is 1170. The quantitative estimate of drug-likeness (QED) is 0.643. The molecule has 0 saturated heterocycles. The zero-order valence-corrected chi connectivity index (χ0v) is 14.7. The molecular weight excluding hydrogens is 372 g/mol. The maximum absolute atomic E-state index is 12.1. The Labute approximate surface area is 168 Å². The average Bonchev–Trinajstić information content (AvgIpc) is 3.19. The van der Waals surface area contributed by atoms with Gasteiger partial charge in [-0.25, -0.2) is 4.98 Å². The number of methoxy groups -OCH3 is 1. The normalized spacial score (nSPS) is 14.7. The number of likely N-dealkylation sites (N-methyl/N-ethyl adjacent to an activating group) is 1. The Balaban J connectivity index is 1.96. The number of hydrogen-bond acceptors (Lipinski definition) is 8. The molecule has 0 fully saturated rings. The minimum Gasteiger partial charge on any atom is -0.492 e. The van der Waals surface area contributed by atoms with Gasteiger partial charge < -0.3 is 15.4 Å². The molecule has 0 unspecified atom stereocenters. The highest BCUT2D eigenvalue weighted by Gasteiger charge is 2.17. The van der Waals surface area contributed by atoms with E-state index >= 15 is 0 Å². The van der Waals surface area contributed by atoms with E-state index in [1.54, 1.807) is 6.07 Å². The van der Waals surface area contributed by atoms with E-state index in [2.05, 4.69) is 30.7 Å². The van der Waals surface area contributed by atoms with Crippen LogP contribution in [-0.4, -0.2) is 50.2 Å². The first kappa shape index (κ1) is 12.2. The third-order valence-corrected chi connectivity index (χ3v) is 3.62. The van der Waals surface area contributed by atoms with Crippen molar-refractivity contribution in [1.82, 2.24) is 35.5 Å². The van der Waals surface area contributed by atoms with Crippen molar-refractivity contribution in [2.45, 2.75) is 6.42 Å². The highest BCUT2D eigenvalue weighted by Crippen LogP contribution is 2.35. The Morgan fingerprint density at radius 3 is 3.07 bits per heavy atom. The fraction of sp³-hybridized carbons (Fsp3) is 0.250. The molecule has 0 bridgehead atoms. The average molecular weight is 395 g/mol. The number of nitrogens with zero attached hydrogens (tertiary/aromatic N) is 6. The van der Waals surface area contributed by atoms with Gasteiger partial charge >= 0.3 is 0 Å². The summed E-state index contributed by atoms with van der Waals surface area (Å²) in [7, 11) is 1.38. The fourth-order valence-corrected chi connectivity index (χ4v) is 2.43. The van der Waals surface area contributed by atoms with Gasteiger partial charge in [-0.1, -0.05) is 11.6 Å². The van der Waals surface area contributed by atoms with Crippen LogP contribution < -0.4 is 15.4 Å². The minimum atomic E-state index is -2.66. The molecule has 0 radical (unpaired) electrons.